The minimum Gasteiger partial charge on any atom is -0.382 e. The number of aliphatic imine (C=N–C) groups is 1. The van der Waals surface area contributed by atoms with Crippen molar-refractivity contribution >= 4 is 29.9 Å². The van der Waals surface area contributed by atoms with Crippen LogP contribution in [0.2, 0.25) is 0 Å². The smallest absolute Gasteiger partial charge is 0.191 e. The van der Waals surface area contributed by atoms with Gasteiger partial charge < -0.3 is 24.6 Å². The lowest BCUT2D eigenvalue weighted by molar-refractivity contribution is 0.0733. The lowest BCUT2D eigenvalue weighted by atomic mass is 10.1. The molecule has 7 nitrogen and oxygen atoms in total. The molecule has 0 aliphatic heterocycles. The maximum absolute atomic E-state index is 5.40. The molecule has 0 saturated heterocycles. The van der Waals surface area contributed by atoms with Crippen molar-refractivity contribution in [2.75, 3.05) is 40.0 Å². The van der Waals surface area contributed by atoms with Crippen molar-refractivity contribution in [3.05, 3.63) is 17.5 Å². The predicted octanol–water partition coefficient (Wildman–Crippen LogP) is 2.13. The van der Waals surface area contributed by atoms with Crippen LogP contribution in [-0.4, -0.2) is 51.1 Å². The molecule has 1 heterocycles. The molecule has 1 rings (SSSR count). The van der Waals surface area contributed by atoms with Crippen LogP contribution in [0.5, 0.6) is 0 Å². The Balaban J connectivity index is 0.00000484. The summed E-state index contributed by atoms with van der Waals surface area (Å²) in [5.41, 5.74) is 0.953. The molecule has 0 saturated carbocycles. The van der Waals surface area contributed by atoms with Gasteiger partial charge in [-0.3, -0.25) is 0 Å². The lowest BCUT2D eigenvalue weighted by Gasteiger charge is -2.11. The van der Waals surface area contributed by atoms with Crippen molar-refractivity contribution in [2.45, 2.75) is 33.2 Å². The summed E-state index contributed by atoms with van der Waals surface area (Å²) >= 11 is 0. The van der Waals surface area contributed by atoms with Crippen molar-refractivity contribution in [3.63, 3.8) is 0 Å². The second-order valence-corrected chi connectivity index (χ2v) is 5.10. The van der Waals surface area contributed by atoms with Gasteiger partial charge >= 0.3 is 0 Å². The van der Waals surface area contributed by atoms with Gasteiger partial charge in [-0.15, -0.1) is 24.0 Å². The van der Waals surface area contributed by atoms with Crippen LogP contribution < -0.4 is 10.6 Å². The zero-order valence-corrected chi connectivity index (χ0v) is 16.8. The fourth-order valence-corrected chi connectivity index (χ4v) is 1.66. The van der Waals surface area contributed by atoms with E-state index in [9.17, 15) is 0 Å². The highest BCUT2D eigenvalue weighted by Gasteiger charge is 2.07. The average Bonchev–Trinajstić information content (AvgIpc) is 2.97. The van der Waals surface area contributed by atoms with Gasteiger partial charge in [-0.05, 0) is 12.8 Å². The van der Waals surface area contributed by atoms with Gasteiger partial charge in [-0.25, -0.2) is 4.99 Å². The Morgan fingerprint density at radius 3 is 2.70 bits per heavy atom. The Kier molecular flexibility index (Phi) is 13.0. The largest absolute Gasteiger partial charge is 0.382 e. The number of guanidine groups is 1. The summed E-state index contributed by atoms with van der Waals surface area (Å²) in [5, 5.41) is 10.4. The molecule has 0 aliphatic rings. The Labute approximate surface area is 155 Å². The van der Waals surface area contributed by atoms with Crippen LogP contribution in [0.25, 0.3) is 0 Å². The summed E-state index contributed by atoms with van der Waals surface area (Å²) in [7, 11) is 1.66. The molecule has 0 atom stereocenters. The van der Waals surface area contributed by atoms with Crippen LogP contribution in [0.3, 0.4) is 0 Å². The summed E-state index contributed by atoms with van der Waals surface area (Å²) < 4.78 is 15.6. The van der Waals surface area contributed by atoms with Crippen molar-refractivity contribution in [1.29, 1.82) is 0 Å². The Bertz CT molecular complexity index is 438. The molecular weight excluding hydrogens is 411 g/mol. The van der Waals surface area contributed by atoms with Gasteiger partial charge in [0.25, 0.3) is 0 Å². The quantitative estimate of drug-likeness (QED) is 0.251. The van der Waals surface area contributed by atoms with Gasteiger partial charge in [0.2, 0.25) is 0 Å². The second kappa shape index (κ2) is 13.6. The number of hydrogen-bond acceptors (Lipinski definition) is 5. The van der Waals surface area contributed by atoms with E-state index in [4.69, 9.17) is 14.0 Å². The molecule has 8 heteroatoms. The second-order valence-electron chi connectivity index (χ2n) is 5.10. The summed E-state index contributed by atoms with van der Waals surface area (Å²) in [4.78, 5) is 4.47. The molecule has 0 unspecified atom stereocenters. The van der Waals surface area contributed by atoms with Crippen LogP contribution in [0.15, 0.2) is 15.6 Å². The highest BCUT2D eigenvalue weighted by molar-refractivity contribution is 14.0. The molecule has 0 radical (unpaired) electrons. The first-order valence-electron chi connectivity index (χ1n) is 7.71. The molecule has 0 amide bonds. The molecule has 2 N–H and O–H groups in total. The van der Waals surface area contributed by atoms with Crippen LogP contribution >= 0.6 is 24.0 Å². The maximum atomic E-state index is 5.40. The third-order valence-electron chi connectivity index (χ3n) is 2.88. The van der Waals surface area contributed by atoms with Crippen molar-refractivity contribution in [1.82, 2.24) is 15.8 Å². The third kappa shape index (κ3) is 9.77. The summed E-state index contributed by atoms with van der Waals surface area (Å²) in [5.74, 6) is 1.86. The van der Waals surface area contributed by atoms with E-state index in [2.05, 4.69) is 34.6 Å². The molecule has 1 aromatic rings. The molecule has 0 aromatic carbocycles. The maximum Gasteiger partial charge on any atom is 0.191 e. The van der Waals surface area contributed by atoms with E-state index < -0.39 is 0 Å². The van der Waals surface area contributed by atoms with Gasteiger partial charge in [-0.2, -0.15) is 0 Å². The Morgan fingerprint density at radius 1 is 1.30 bits per heavy atom. The van der Waals surface area contributed by atoms with Crippen LogP contribution in [0.1, 0.15) is 38.1 Å². The highest BCUT2D eigenvalue weighted by atomic mass is 127. The average molecular weight is 440 g/mol. The van der Waals surface area contributed by atoms with E-state index in [1.54, 1.807) is 7.11 Å². The van der Waals surface area contributed by atoms with Crippen molar-refractivity contribution in [3.8, 4) is 0 Å². The third-order valence-corrected chi connectivity index (χ3v) is 2.88. The van der Waals surface area contributed by atoms with Crippen LogP contribution in [-0.2, 0) is 16.0 Å². The SMILES string of the molecule is CCNC(=NCc1cc(C(C)C)no1)NCCOCCOC.I. The first-order chi connectivity index (χ1) is 10.7. The number of halogens is 1. The minimum absolute atomic E-state index is 0. The molecule has 0 spiro atoms. The standard InChI is InChI=1S/C15H28N4O3.HI/c1-5-16-15(17-6-7-21-9-8-20-4)18-11-13-10-14(12(2)3)19-22-13;/h10,12H,5-9,11H2,1-4H3,(H2,16,17,18);1H. The molecule has 23 heavy (non-hydrogen) atoms. The van der Waals surface area contributed by atoms with E-state index in [-0.39, 0.29) is 24.0 Å². The van der Waals surface area contributed by atoms with Gasteiger partial charge in [0.1, 0.15) is 6.54 Å². The lowest BCUT2D eigenvalue weighted by Crippen LogP contribution is -2.39. The molecule has 134 valence electrons. The number of aromatic nitrogens is 1. The first-order valence-corrected chi connectivity index (χ1v) is 7.71. The summed E-state index contributed by atoms with van der Waals surface area (Å²) in [6, 6.07) is 1.95. The number of hydrogen-bond donors (Lipinski definition) is 2. The Hall–Kier alpha value is -0.870. The van der Waals surface area contributed by atoms with Crippen molar-refractivity contribution in [2.24, 2.45) is 4.99 Å². The number of nitrogens with zero attached hydrogens (tertiary/aromatic N) is 2. The monoisotopic (exact) mass is 440 g/mol. The number of rotatable bonds is 10. The van der Waals surface area contributed by atoms with E-state index in [0.717, 1.165) is 24.0 Å². The number of nitrogens with one attached hydrogen (secondary N) is 2. The fourth-order valence-electron chi connectivity index (χ4n) is 1.66. The zero-order valence-electron chi connectivity index (χ0n) is 14.4. The Morgan fingerprint density at radius 2 is 2.09 bits per heavy atom. The van der Waals surface area contributed by atoms with Gasteiger partial charge in [-0.1, -0.05) is 19.0 Å². The van der Waals surface area contributed by atoms with E-state index in [1.807, 2.05) is 13.0 Å². The van der Waals surface area contributed by atoms with Gasteiger partial charge in [0.05, 0.1) is 25.5 Å². The number of methoxy groups -OCH3 is 1. The zero-order chi connectivity index (χ0) is 16.2. The number of ether oxygens (including phenoxy) is 2. The fraction of sp³-hybridized carbons (Fsp3) is 0.733. The first kappa shape index (κ1) is 22.1. The van der Waals surface area contributed by atoms with Gasteiger partial charge in [0.15, 0.2) is 11.7 Å². The van der Waals surface area contributed by atoms with E-state index in [0.29, 0.717) is 38.8 Å². The van der Waals surface area contributed by atoms with E-state index in [1.165, 1.54) is 0 Å². The van der Waals surface area contributed by atoms with Crippen LogP contribution in [0.4, 0.5) is 0 Å². The minimum atomic E-state index is 0. The normalized spacial score (nSPS) is 11.4. The predicted molar refractivity (Wildman–Crippen MR) is 102 cm³/mol. The summed E-state index contributed by atoms with van der Waals surface area (Å²) in [6.45, 7) is 9.94. The van der Waals surface area contributed by atoms with Crippen molar-refractivity contribution < 1.29 is 14.0 Å². The molecule has 0 fully saturated rings. The molecule has 0 aliphatic carbocycles. The topological polar surface area (TPSA) is 80.9 Å². The van der Waals surface area contributed by atoms with Crippen LogP contribution in [0, 0.1) is 0 Å². The van der Waals surface area contributed by atoms with Gasteiger partial charge in [0, 0.05) is 26.3 Å². The highest BCUT2D eigenvalue weighted by Crippen LogP contribution is 2.14. The molecule has 0 bridgehead atoms. The van der Waals surface area contributed by atoms with E-state index >= 15 is 0 Å². The summed E-state index contributed by atoms with van der Waals surface area (Å²) in [6.07, 6.45) is 0. The molecular formula is C15H29IN4O3. The molecule has 1 aromatic heterocycles.